The van der Waals surface area contributed by atoms with Crippen LogP contribution in [0.1, 0.15) is 28.4 Å². The second kappa shape index (κ2) is 7.40. The zero-order valence-corrected chi connectivity index (χ0v) is 11.9. The van der Waals surface area contributed by atoms with Gasteiger partial charge in [-0.05, 0) is 30.2 Å². The van der Waals surface area contributed by atoms with Crippen LogP contribution in [-0.4, -0.2) is 22.6 Å². The Morgan fingerprint density at radius 1 is 1.24 bits per heavy atom. The molecule has 0 unspecified atom stereocenters. The van der Waals surface area contributed by atoms with Crippen molar-refractivity contribution in [2.75, 3.05) is 6.61 Å². The number of nitrogens with one attached hydrogen (secondary N) is 1. The van der Waals surface area contributed by atoms with Gasteiger partial charge in [-0.1, -0.05) is 24.3 Å². The molecule has 0 saturated carbocycles. The predicted molar refractivity (Wildman–Crippen MR) is 78.9 cm³/mol. The number of aliphatic hydroxyl groups is 1. The number of pyridine rings is 1. The molecule has 110 valence electrons. The van der Waals surface area contributed by atoms with Crippen molar-refractivity contribution in [1.29, 1.82) is 0 Å². The van der Waals surface area contributed by atoms with Crippen molar-refractivity contribution < 1.29 is 14.6 Å². The van der Waals surface area contributed by atoms with Crippen LogP contribution in [0.4, 0.5) is 0 Å². The van der Waals surface area contributed by atoms with Crippen molar-refractivity contribution in [3.63, 3.8) is 0 Å². The maximum atomic E-state index is 12.2. The topological polar surface area (TPSA) is 71.5 Å². The first-order valence-corrected chi connectivity index (χ1v) is 6.80. The molecule has 0 radical (unpaired) electrons. The number of aliphatic hydroxyl groups excluding tert-OH is 1. The average molecular weight is 286 g/mol. The van der Waals surface area contributed by atoms with E-state index >= 15 is 0 Å². The van der Waals surface area contributed by atoms with Gasteiger partial charge in [0, 0.05) is 12.7 Å². The number of benzene rings is 1. The molecule has 0 spiro atoms. The molecule has 0 atom stereocenters. The van der Waals surface area contributed by atoms with E-state index in [1.165, 1.54) is 0 Å². The molecule has 5 heteroatoms. The SMILES string of the molecule is CCOc1ncccc1C(=O)NCc1ccccc1CO. The fraction of sp³-hybridized carbons (Fsp3) is 0.250. The van der Waals surface area contributed by atoms with Crippen LogP contribution in [-0.2, 0) is 13.2 Å². The number of nitrogens with zero attached hydrogens (tertiary/aromatic N) is 1. The molecule has 1 aromatic carbocycles. The van der Waals surface area contributed by atoms with E-state index in [2.05, 4.69) is 10.3 Å². The maximum Gasteiger partial charge on any atom is 0.257 e. The lowest BCUT2D eigenvalue weighted by molar-refractivity contribution is 0.0946. The molecular formula is C16H18N2O3. The molecule has 0 aliphatic heterocycles. The van der Waals surface area contributed by atoms with Gasteiger partial charge in [0.25, 0.3) is 5.91 Å². The summed E-state index contributed by atoms with van der Waals surface area (Å²) in [6.07, 6.45) is 1.59. The Hall–Kier alpha value is -2.40. The van der Waals surface area contributed by atoms with Gasteiger partial charge in [0.1, 0.15) is 5.56 Å². The number of ether oxygens (including phenoxy) is 1. The average Bonchev–Trinajstić information content (AvgIpc) is 2.53. The molecule has 5 nitrogen and oxygen atoms in total. The van der Waals surface area contributed by atoms with Gasteiger partial charge in [-0.3, -0.25) is 4.79 Å². The third kappa shape index (κ3) is 3.79. The summed E-state index contributed by atoms with van der Waals surface area (Å²) in [5.74, 6) is 0.0761. The lowest BCUT2D eigenvalue weighted by atomic mass is 10.1. The van der Waals surface area contributed by atoms with Gasteiger partial charge in [0.15, 0.2) is 0 Å². The highest BCUT2D eigenvalue weighted by molar-refractivity contribution is 5.96. The van der Waals surface area contributed by atoms with Gasteiger partial charge in [-0.25, -0.2) is 4.98 Å². The smallest absolute Gasteiger partial charge is 0.257 e. The van der Waals surface area contributed by atoms with Crippen LogP contribution in [0.3, 0.4) is 0 Å². The van der Waals surface area contributed by atoms with Crippen molar-refractivity contribution >= 4 is 5.91 Å². The third-order valence-corrected chi connectivity index (χ3v) is 3.02. The number of hydrogen-bond acceptors (Lipinski definition) is 4. The largest absolute Gasteiger partial charge is 0.477 e. The quantitative estimate of drug-likeness (QED) is 0.851. The monoisotopic (exact) mass is 286 g/mol. The van der Waals surface area contributed by atoms with Crippen LogP contribution < -0.4 is 10.1 Å². The molecule has 0 fully saturated rings. The lowest BCUT2D eigenvalue weighted by Gasteiger charge is -2.11. The minimum atomic E-state index is -0.251. The van der Waals surface area contributed by atoms with Crippen LogP contribution >= 0.6 is 0 Å². The van der Waals surface area contributed by atoms with Crippen molar-refractivity contribution in [3.8, 4) is 5.88 Å². The van der Waals surface area contributed by atoms with E-state index in [-0.39, 0.29) is 12.5 Å². The summed E-state index contributed by atoms with van der Waals surface area (Å²) >= 11 is 0. The number of aromatic nitrogens is 1. The highest BCUT2D eigenvalue weighted by Crippen LogP contribution is 2.15. The fourth-order valence-electron chi connectivity index (χ4n) is 1.97. The van der Waals surface area contributed by atoms with E-state index in [1.54, 1.807) is 18.3 Å². The van der Waals surface area contributed by atoms with Crippen molar-refractivity contribution in [2.24, 2.45) is 0 Å². The molecule has 0 saturated heterocycles. The lowest BCUT2D eigenvalue weighted by Crippen LogP contribution is -2.24. The Bertz CT molecular complexity index is 614. The number of amides is 1. The van der Waals surface area contributed by atoms with Crippen LogP contribution in [0.25, 0.3) is 0 Å². The Morgan fingerprint density at radius 3 is 2.71 bits per heavy atom. The molecule has 0 bridgehead atoms. The highest BCUT2D eigenvalue weighted by Gasteiger charge is 2.13. The molecular weight excluding hydrogens is 268 g/mol. The Labute approximate surface area is 123 Å². The number of hydrogen-bond donors (Lipinski definition) is 2. The first-order chi connectivity index (χ1) is 10.3. The second-order valence-corrected chi connectivity index (χ2v) is 4.40. The highest BCUT2D eigenvalue weighted by atomic mass is 16.5. The Morgan fingerprint density at radius 2 is 2.00 bits per heavy atom. The Balaban J connectivity index is 2.08. The summed E-state index contributed by atoms with van der Waals surface area (Å²) in [7, 11) is 0. The zero-order valence-electron chi connectivity index (χ0n) is 11.9. The zero-order chi connectivity index (χ0) is 15.1. The van der Waals surface area contributed by atoms with Gasteiger partial charge in [0.05, 0.1) is 13.2 Å². The number of rotatable bonds is 6. The van der Waals surface area contributed by atoms with Crippen LogP contribution in [0, 0.1) is 0 Å². The standard InChI is InChI=1S/C16H18N2O3/c1-2-21-16-14(8-5-9-17-16)15(20)18-10-12-6-3-4-7-13(12)11-19/h3-9,19H,2,10-11H2,1H3,(H,18,20). The molecule has 2 rings (SSSR count). The van der Waals surface area contributed by atoms with E-state index in [4.69, 9.17) is 4.74 Å². The van der Waals surface area contributed by atoms with Gasteiger partial charge >= 0.3 is 0 Å². The van der Waals surface area contributed by atoms with E-state index < -0.39 is 0 Å². The molecule has 0 aliphatic carbocycles. The third-order valence-electron chi connectivity index (χ3n) is 3.02. The van der Waals surface area contributed by atoms with Crippen molar-refractivity contribution in [3.05, 3.63) is 59.3 Å². The minimum absolute atomic E-state index is 0.0524. The van der Waals surface area contributed by atoms with Crippen LogP contribution in [0.2, 0.25) is 0 Å². The molecule has 0 aliphatic rings. The number of carbonyl (C=O) groups is 1. The van der Waals surface area contributed by atoms with Crippen LogP contribution in [0.5, 0.6) is 5.88 Å². The summed E-state index contributed by atoms with van der Waals surface area (Å²) in [6, 6.07) is 10.8. The molecule has 1 heterocycles. The van der Waals surface area contributed by atoms with Gasteiger partial charge < -0.3 is 15.2 Å². The van der Waals surface area contributed by atoms with Gasteiger partial charge in [-0.15, -0.1) is 0 Å². The summed E-state index contributed by atoms with van der Waals surface area (Å²) in [6.45, 7) is 2.58. The Kier molecular flexibility index (Phi) is 5.29. The van der Waals surface area contributed by atoms with E-state index in [1.807, 2.05) is 31.2 Å². The fourth-order valence-corrected chi connectivity index (χ4v) is 1.97. The molecule has 21 heavy (non-hydrogen) atoms. The molecule has 2 aromatic rings. The normalized spacial score (nSPS) is 10.2. The second-order valence-electron chi connectivity index (χ2n) is 4.40. The molecule has 2 N–H and O–H groups in total. The van der Waals surface area contributed by atoms with E-state index in [9.17, 15) is 9.90 Å². The number of carbonyl (C=O) groups excluding carboxylic acids is 1. The predicted octanol–water partition coefficient (Wildman–Crippen LogP) is 1.90. The summed E-state index contributed by atoms with van der Waals surface area (Å²) < 4.78 is 5.34. The molecule has 1 amide bonds. The minimum Gasteiger partial charge on any atom is -0.477 e. The summed E-state index contributed by atoms with van der Waals surface area (Å²) in [5.41, 5.74) is 2.09. The van der Waals surface area contributed by atoms with Gasteiger partial charge in [0.2, 0.25) is 5.88 Å². The first kappa shape index (κ1) is 15.0. The first-order valence-electron chi connectivity index (χ1n) is 6.80. The summed E-state index contributed by atoms with van der Waals surface area (Å²) in [5, 5.41) is 12.1. The van der Waals surface area contributed by atoms with Crippen molar-refractivity contribution in [2.45, 2.75) is 20.1 Å². The van der Waals surface area contributed by atoms with Gasteiger partial charge in [-0.2, -0.15) is 0 Å². The summed E-state index contributed by atoms with van der Waals surface area (Å²) in [4.78, 5) is 16.3. The van der Waals surface area contributed by atoms with Crippen molar-refractivity contribution in [1.82, 2.24) is 10.3 Å². The molecule has 1 aromatic heterocycles. The van der Waals surface area contributed by atoms with E-state index in [0.29, 0.717) is 24.6 Å². The van der Waals surface area contributed by atoms with Crippen LogP contribution in [0.15, 0.2) is 42.6 Å². The van der Waals surface area contributed by atoms with E-state index in [0.717, 1.165) is 11.1 Å². The maximum absolute atomic E-state index is 12.2.